The van der Waals surface area contributed by atoms with Crippen molar-refractivity contribution in [1.29, 1.82) is 0 Å². The van der Waals surface area contributed by atoms with Crippen LogP contribution in [0.4, 0.5) is 0 Å². The van der Waals surface area contributed by atoms with E-state index in [1.165, 1.54) is 18.4 Å². The molecule has 6 nitrogen and oxygen atoms in total. The summed E-state index contributed by atoms with van der Waals surface area (Å²) in [7, 11) is 1.51. The third-order valence-electron chi connectivity index (χ3n) is 3.04. The van der Waals surface area contributed by atoms with Crippen LogP contribution in [0.2, 0.25) is 0 Å². The Bertz CT molecular complexity index is 817. The average molecular weight is 390 g/mol. The fourth-order valence-electron chi connectivity index (χ4n) is 1.83. The second-order valence-electron chi connectivity index (χ2n) is 5.29. The molecule has 8 heteroatoms. The van der Waals surface area contributed by atoms with Crippen molar-refractivity contribution in [3.05, 3.63) is 58.3 Å². The summed E-state index contributed by atoms with van der Waals surface area (Å²) in [5.41, 5.74) is 4.44. The van der Waals surface area contributed by atoms with E-state index in [0.717, 1.165) is 11.1 Å². The summed E-state index contributed by atoms with van der Waals surface area (Å²) in [6.07, 6.45) is 1.59. The summed E-state index contributed by atoms with van der Waals surface area (Å²) < 4.78 is 10.7. The van der Waals surface area contributed by atoms with Crippen LogP contribution in [0.25, 0.3) is 0 Å². The van der Waals surface area contributed by atoms with Crippen molar-refractivity contribution in [2.24, 2.45) is 5.10 Å². The number of hydrogen-bond donors (Lipinski definition) is 2. The molecule has 0 saturated heterocycles. The first-order valence-electron chi connectivity index (χ1n) is 7.64. The number of carbonyl (C=O) groups excluding carboxylic acids is 1. The third-order valence-corrected chi connectivity index (χ3v) is 4.13. The molecule has 0 spiro atoms. The van der Waals surface area contributed by atoms with E-state index >= 15 is 0 Å². The molecule has 2 aromatic rings. The zero-order chi connectivity index (χ0) is 18.9. The van der Waals surface area contributed by atoms with Crippen molar-refractivity contribution in [2.45, 2.75) is 6.92 Å². The van der Waals surface area contributed by atoms with Gasteiger partial charge in [0.2, 0.25) is 0 Å². The Balaban J connectivity index is 1.99. The number of hydrazone groups is 1. The number of carbonyl (C=O) groups is 1. The normalized spacial score (nSPS) is 10.4. The molecule has 0 saturated carbocycles. The average Bonchev–Trinajstić information content (AvgIpc) is 3.16. The van der Waals surface area contributed by atoms with Gasteiger partial charge in [-0.25, -0.2) is 4.79 Å². The van der Waals surface area contributed by atoms with E-state index in [1.54, 1.807) is 36.5 Å². The first kappa shape index (κ1) is 19.6. The second kappa shape index (κ2) is 9.69. The van der Waals surface area contributed by atoms with Gasteiger partial charge < -0.3 is 14.8 Å². The Kier molecular flexibility index (Phi) is 7.31. The van der Waals surface area contributed by atoms with Gasteiger partial charge in [-0.1, -0.05) is 18.2 Å². The van der Waals surface area contributed by atoms with Gasteiger partial charge in [0.25, 0.3) is 0 Å². The third kappa shape index (κ3) is 5.98. The lowest BCUT2D eigenvalue weighted by molar-refractivity contribution is 0.0735. The first-order chi connectivity index (χ1) is 12.5. The summed E-state index contributed by atoms with van der Waals surface area (Å²) in [6.45, 7) is 6.27. The minimum absolute atomic E-state index is 0.342. The maximum absolute atomic E-state index is 12.1. The van der Waals surface area contributed by atoms with E-state index in [0.29, 0.717) is 28.0 Å². The maximum Gasteiger partial charge on any atom is 0.353 e. The smallest absolute Gasteiger partial charge is 0.353 e. The molecule has 0 aliphatic heterocycles. The number of ether oxygens (including phenoxy) is 2. The number of thiocarbonyl (C=S) groups is 1. The molecule has 0 aliphatic carbocycles. The van der Waals surface area contributed by atoms with Crippen molar-refractivity contribution in [1.82, 2.24) is 10.7 Å². The molecular weight excluding hydrogens is 370 g/mol. The highest BCUT2D eigenvalue weighted by Crippen LogP contribution is 2.28. The van der Waals surface area contributed by atoms with Gasteiger partial charge in [0.05, 0.1) is 13.3 Å². The van der Waals surface area contributed by atoms with Crippen molar-refractivity contribution in [2.75, 3.05) is 13.7 Å². The van der Waals surface area contributed by atoms with Crippen LogP contribution in [0.15, 0.2) is 53.0 Å². The Hall–Kier alpha value is -2.71. The van der Waals surface area contributed by atoms with Crippen LogP contribution in [-0.4, -0.2) is 31.0 Å². The molecule has 1 aromatic heterocycles. The number of nitrogens with zero attached hydrogens (tertiary/aromatic N) is 1. The molecule has 0 aliphatic rings. The molecule has 1 aromatic carbocycles. The lowest BCUT2D eigenvalue weighted by Crippen LogP contribution is -2.32. The van der Waals surface area contributed by atoms with Crippen LogP contribution >= 0.6 is 23.6 Å². The summed E-state index contributed by atoms with van der Waals surface area (Å²) in [5, 5.41) is 9.23. The number of hydrogen-bond acceptors (Lipinski definition) is 6. The van der Waals surface area contributed by atoms with E-state index in [4.69, 9.17) is 21.7 Å². The minimum atomic E-state index is -0.421. The zero-order valence-electron chi connectivity index (χ0n) is 14.4. The fourth-order valence-corrected chi connectivity index (χ4v) is 2.55. The zero-order valence-corrected chi connectivity index (χ0v) is 16.1. The van der Waals surface area contributed by atoms with Crippen molar-refractivity contribution < 1.29 is 14.3 Å². The monoisotopic (exact) mass is 389 g/mol. The molecular formula is C18H19N3O3S2. The number of thiophene rings is 1. The van der Waals surface area contributed by atoms with Crippen molar-refractivity contribution in [3.63, 3.8) is 0 Å². The molecule has 0 radical (unpaired) electrons. The van der Waals surface area contributed by atoms with Gasteiger partial charge in [-0.3, -0.25) is 5.43 Å². The van der Waals surface area contributed by atoms with Gasteiger partial charge in [-0.2, -0.15) is 5.10 Å². The quantitative estimate of drug-likeness (QED) is 0.189. The Morgan fingerprint density at radius 1 is 1.38 bits per heavy atom. The summed E-state index contributed by atoms with van der Waals surface area (Å²) in [4.78, 5) is 12.6. The predicted octanol–water partition coefficient (Wildman–Crippen LogP) is 3.35. The number of nitrogens with one attached hydrogen (secondary N) is 2. The van der Waals surface area contributed by atoms with Crippen molar-refractivity contribution in [3.8, 4) is 11.5 Å². The number of esters is 1. The molecule has 0 unspecified atom stereocenters. The van der Waals surface area contributed by atoms with Gasteiger partial charge in [-0.15, -0.1) is 11.3 Å². The van der Waals surface area contributed by atoms with Gasteiger partial charge in [0, 0.05) is 6.54 Å². The minimum Gasteiger partial charge on any atom is -0.493 e. The highest BCUT2D eigenvalue weighted by molar-refractivity contribution is 7.80. The number of rotatable bonds is 7. The standard InChI is InChI=1S/C18H19N3O3S2/c1-12(2)10-19-18(25)21-20-11-13-6-7-14(15(9-13)23-3)24-17(22)16-5-4-8-26-16/h4-9,11H,1,10H2,2-3H3,(H2,19,21,25). The van der Waals surface area contributed by atoms with Crippen LogP contribution in [0.5, 0.6) is 11.5 Å². The van der Waals surface area contributed by atoms with Crippen LogP contribution in [0.1, 0.15) is 22.2 Å². The summed E-state index contributed by atoms with van der Waals surface area (Å²) >= 11 is 6.40. The van der Waals surface area contributed by atoms with Crippen LogP contribution in [0.3, 0.4) is 0 Å². The lowest BCUT2D eigenvalue weighted by atomic mass is 10.2. The molecule has 0 atom stereocenters. The molecule has 136 valence electrons. The molecule has 0 amide bonds. The van der Waals surface area contributed by atoms with Gasteiger partial charge in [0.15, 0.2) is 16.6 Å². The maximum atomic E-state index is 12.1. The van der Waals surface area contributed by atoms with E-state index < -0.39 is 5.97 Å². The largest absolute Gasteiger partial charge is 0.493 e. The van der Waals surface area contributed by atoms with Crippen molar-refractivity contribution >= 4 is 40.9 Å². The van der Waals surface area contributed by atoms with E-state index in [9.17, 15) is 4.79 Å². The molecule has 0 bridgehead atoms. The predicted molar refractivity (Wildman–Crippen MR) is 108 cm³/mol. The van der Waals surface area contributed by atoms with E-state index in [1.807, 2.05) is 12.3 Å². The topological polar surface area (TPSA) is 72.0 Å². The number of methoxy groups -OCH3 is 1. The Morgan fingerprint density at radius 2 is 2.19 bits per heavy atom. The molecule has 1 heterocycles. The fraction of sp³-hybridized carbons (Fsp3) is 0.167. The molecule has 2 N–H and O–H groups in total. The van der Waals surface area contributed by atoms with Gasteiger partial charge in [-0.05, 0) is 54.4 Å². The summed E-state index contributed by atoms with van der Waals surface area (Å²) in [5.74, 6) is 0.354. The molecule has 0 fully saturated rings. The molecule has 2 rings (SSSR count). The Labute approximate surface area is 161 Å². The molecule has 26 heavy (non-hydrogen) atoms. The van der Waals surface area contributed by atoms with Gasteiger partial charge in [0.1, 0.15) is 4.88 Å². The Morgan fingerprint density at radius 3 is 2.85 bits per heavy atom. The van der Waals surface area contributed by atoms with Gasteiger partial charge >= 0.3 is 5.97 Å². The summed E-state index contributed by atoms with van der Waals surface area (Å²) in [6, 6.07) is 8.63. The second-order valence-corrected chi connectivity index (χ2v) is 6.64. The SMILES string of the molecule is C=C(C)CNC(=S)NN=Cc1ccc(OC(=O)c2cccs2)c(OC)c1. The lowest BCUT2D eigenvalue weighted by Gasteiger charge is -2.09. The van der Waals surface area contributed by atoms with E-state index in [-0.39, 0.29) is 0 Å². The van der Waals surface area contributed by atoms with E-state index in [2.05, 4.69) is 22.4 Å². The number of benzene rings is 1. The highest BCUT2D eigenvalue weighted by Gasteiger charge is 2.13. The van der Waals surface area contributed by atoms with Crippen LogP contribution in [-0.2, 0) is 0 Å². The first-order valence-corrected chi connectivity index (χ1v) is 8.93. The highest BCUT2D eigenvalue weighted by atomic mass is 32.1. The van der Waals surface area contributed by atoms with Crippen LogP contribution in [0, 0.1) is 0 Å². The van der Waals surface area contributed by atoms with Crippen LogP contribution < -0.4 is 20.2 Å².